The second-order valence-corrected chi connectivity index (χ2v) is 15.3. The van der Waals surface area contributed by atoms with Gasteiger partial charge in [0.05, 0.1) is 58.0 Å². The van der Waals surface area contributed by atoms with Crippen LogP contribution in [0.15, 0.2) is 82.4 Å². The van der Waals surface area contributed by atoms with Crippen molar-refractivity contribution in [2.45, 2.75) is 76.0 Å². The van der Waals surface area contributed by atoms with E-state index in [0.717, 1.165) is 21.9 Å². The number of ketones is 2. The Morgan fingerprint density at radius 2 is 1.05 bits per heavy atom. The fraction of sp³-hybridized carbons (Fsp3) is 0.273. The monoisotopic (exact) mass is 778 g/mol. The highest BCUT2D eigenvalue weighted by Gasteiger charge is 2.52. The molecule has 0 amide bonds. The summed E-state index contributed by atoms with van der Waals surface area (Å²) in [5.74, 6) is -3.88. The summed E-state index contributed by atoms with van der Waals surface area (Å²) in [6, 6.07) is 21.8. The Labute approximate surface area is 328 Å². The minimum atomic E-state index is -2.24. The summed E-state index contributed by atoms with van der Waals surface area (Å²) in [6.45, 7) is 3.35. The molecule has 14 nitrogen and oxygen atoms in total. The van der Waals surface area contributed by atoms with Gasteiger partial charge in [0.15, 0.2) is 35.0 Å². The molecule has 10 rings (SSSR count). The van der Waals surface area contributed by atoms with Crippen LogP contribution >= 0.6 is 0 Å². The van der Waals surface area contributed by atoms with Crippen LogP contribution in [0.5, 0.6) is 0 Å². The van der Waals surface area contributed by atoms with E-state index in [2.05, 4.69) is 0 Å². The van der Waals surface area contributed by atoms with E-state index in [-0.39, 0.29) is 48.2 Å². The van der Waals surface area contributed by atoms with Crippen molar-refractivity contribution in [1.29, 1.82) is 0 Å². The van der Waals surface area contributed by atoms with E-state index in [9.17, 15) is 39.0 Å². The summed E-state index contributed by atoms with van der Waals surface area (Å²) in [4.78, 5) is 93.1. The van der Waals surface area contributed by atoms with Crippen LogP contribution in [0.2, 0.25) is 0 Å². The van der Waals surface area contributed by atoms with Gasteiger partial charge in [0, 0.05) is 45.9 Å². The molecule has 2 N–H and O–H groups in total. The third kappa shape index (κ3) is 4.84. The molecule has 4 atom stereocenters. The molecule has 0 aliphatic carbocycles. The SMILES string of the molecule is CC[C@@]1(O)C(=O)OC(C(=O)CCC(=O)C2OC(=O)[C@](O)(CC)c3cc4n(c(=O)c32)Cc2cc3ccccc3nc2-4)c2c1cc1n(c2=O)Cc2cc3ccccc3nc2-1. The van der Waals surface area contributed by atoms with Crippen LogP contribution in [0.4, 0.5) is 0 Å². The first-order valence-electron chi connectivity index (χ1n) is 19.1. The van der Waals surface area contributed by atoms with Gasteiger partial charge in [-0.3, -0.25) is 19.2 Å². The number of rotatable bonds is 7. The number of carbonyl (C=O) groups excluding carboxylic acids is 4. The van der Waals surface area contributed by atoms with E-state index >= 15 is 0 Å². The van der Waals surface area contributed by atoms with Crippen LogP contribution in [-0.2, 0) is 52.9 Å². The van der Waals surface area contributed by atoms with E-state index in [4.69, 9.17) is 19.4 Å². The van der Waals surface area contributed by atoms with Gasteiger partial charge < -0.3 is 28.8 Å². The number of esters is 2. The largest absolute Gasteiger partial charge is 0.447 e. The molecule has 0 radical (unpaired) electrons. The third-order valence-corrected chi connectivity index (χ3v) is 12.2. The van der Waals surface area contributed by atoms with Gasteiger partial charge in [-0.25, -0.2) is 19.6 Å². The highest BCUT2D eigenvalue weighted by atomic mass is 16.6. The van der Waals surface area contributed by atoms with Crippen molar-refractivity contribution in [2.24, 2.45) is 0 Å². The van der Waals surface area contributed by atoms with Crippen molar-refractivity contribution < 1.29 is 38.9 Å². The van der Waals surface area contributed by atoms with Gasteiger partial charge in [-0.1, -0.05) is 50.2 Å². The lowest BCUT2D eigenvalue weighted by Crippen LogP contribution is -2.48. The average Bonchev–Trinajstić information content (AvgIpc) is 3.78. The van der Waals surface area contributed by atoms with Crippen LogP contribution in [0.25, 0.3) is 44.6 Å². The van der Waals surface area contributed by atoms with E-state index in [1.807, 2.05) is 60.7 Å². The fourth-order valence-electron chi connectivity index (χ4n) is 8.95. The molecular formula is C44H34N4O10. The molecule has 2 unspecified atom stereocenters. The number of cyclic esters (lactones) is 2. The van der Waals surface area contributed by atoms with Crippen LogP contribution in [0.3, 0.4) is 0 Å². The Hall–Kier alpha value is -6.64. The van der Waals surface area contributed by atoms with Gasteiger partial charge in [0.25, 0.3) is 11.1 Å². The van der Waals surface area contributed by atoms with Crippen molar-refractivity contribution in [2.75, 3.05) is 0 Å². The van der Waals surface area contributed by atoms with Gasteiger partial charge in [-0.15, -0.1) is 0 Å². The molecule has 14 heteroatoms. The first-order chi connectivity index (χ1) is 27.9. The van der Waals surface area contributed by atoms with Crippen LogP contribution in [-0.4, -0.2) is 52.8 Å². The number of para-hydroxylation sites is 2. The Balaban J connectivity index is 0.988. The van der Waals surface area contributed by atoms with Crippen molar-refractivity contribution in [1.82, 2.24) is 19.1 Å². The normalized spacial score (nSPS) is 22.3. The lowest BCUT2D eigenvalue weighted by molar-refractivity contribution is -0.181. The standard InChI is InChI=1S/C44H34N4O10/c1-3-43(55)25-17-29-35-23(15-21-9-5-7-11-27(21)45-35)19-47(29)39(51)33(25)37(57-41(43)53)31(49)13-14-32(50)38-34-26(44(56,4-2)42(54)58-38)18-30-36-24(20-48(30)40(34)52)16-22-10-6-8-12-28(22)46-36/h5-12,15-18,37-38,55-56H,3-4,13-14,19-20H2,1-2H3/t37?,38?,43-,44-/m0/s1. The molecule has 4 aliphatic heterocycles. The van der Waals surface area contributed by atoms with Crippen molar-refractivity contribution >= 4 is 45.3 Å². The first-order valence-corrected chi connectivity index (χ1v) is 19.1. The van der Waals surface area contributed by atoms with Gasteiger partial charge in [-0.05, 0) is 49.2 Å². The molecule has 6 aromatic rings. The molecule has 58 heavy (non-hydrogen) atoms. The van der Waals surface area contributed by atoms with Crippen molar-refractivity contribution in [3.05, 3.63) is 127 Å². The third-order valence-electron chi connectivity index (χ3n) is 12.2. The molecule has 290 valence electrons. The maximum Gasteiger partial charge on any atom is 0.343 e. The lowest BCUT2D eigenvalue weighted by Gasteiger charge is -2.36. The van der Waals surface area contributed by atoms with Gasteiger partial charge in [0.1, 0.15) is 0 Å². The molecule has 0 saturated heterocycles. The smallest absolute Gasteiger partial charge is 0.343 e. The zero-order valence-electron chi connectivity index (χ0n) is 31.3. The number of Topliss-reactive ketones (excluding diaryl/α,β-unsaturated/α-hetero) is 2. The molecule has 4 aromatic heterocycles. The van der Waals surface area contributed by atoms with E-state index < -0.39 is 70.9 Å². The van der Waals surface area contributed by atoms with E-state index in [0.29, 0.717) is 33.8 Å². The van der Waals surface area contributed by atoms with Crippen LogP contribution < -0.4 is 11.1 Å². The maximum absolute atomic E-state index is 14.3. The molecule has 0 saturated carbocycles. The molecule has 0 spiro atoms. The predicted molar refractivity (Wildman–Crippen MR) is 206 cm³/mol. The lowest BCUT2D eigenvalue weighted by atomic mass is 9.81. The maximum atomic E-state index is 14.3. The number of aromatic nitrogens is 4. The number of hydrogen-bond acceptors (Lipinski definition) is 12. The molecule has 0 bridgehead atoms. The van der Waals surface area contributed by atoms with Gasteiger partial charge in [-0.2, -0.15) is 0 Å². The second-order valence-electron chi connectivity index (χ2n) is 15.3. The first kappa shape index (κ1) is 35.8. The summed E-state index contributed by atoms with van der Waals surface area (Å²) in [6.07, 6.45) is -5.00. The molecule has 2 aromatic carbocycles. The van der Waals surface area contributed by atoms with Gasteiger partial charge in [0.2, 0.25) is 0 Å². The number of nitrogens with zero attached hydrogens (tertiary/aromatic N) is 4. The summed E-state index contributed by atoms with van der Waals surface area (Å²) in [5, 5.41) is 25.0. The molecule has 4 aliphatic rings. The van der Waals surface area contributed by atoms with E-state index in [1.165, 1.54) is 21.3 Å². The minimum absolute atomic E-state index is 0.0748. The number of hydrogen-bond donors (Lipinski definition) is 2. The number of benzene rings is 2. The van der Waals surface area contributed by atoms with Gasteiger partial charge >= 0.3 is 11.9 Å². The Kier molecular flexibility index (Phi) is 7.66. The predicted octanol–water partition coefficient (Wildman–Crippen LogP) is 4.17. The zero-order valence-corrected chi connectivity index (χ0v) is 31.3. The van der Waals surface area contributed by atoms with E-state index in [1.54, 1.807) is 13.8 Å². The minimum Gasteiger partial charge on any atom is -0.447 e. The quantitative estimate of drug-likeness (QED) is 0.220. The Morgan fingerprint density at radius 1 is 0.655 bits per heavy atom. The number of pyridine rings is 4. The summed E-state index contributed by atoms with van der Waals surface area (Å²) < 4.78 is 13.9. The van der Waals surface area contributed by atoms with Crippen molar-refractivity contribution in [3.8, 4) is 22.8 Å². The molecule has 8 heterocycles. The highest BCUT2D eigenvalue weighted by Crippen LogP contribution is 2.45. The highest BCUT2D eigenvalue weighted by molar-refractivity contribution is 5.98. The van der Waals surface area contributed by atoms with Crippen LogP contribution in [0, 0.1) is 0 Å². The topological polar surface area (TPSA) is 197 Å². The Bertz CT molecular complexity index is 2820. The summed E-state index contributed by atoms with van der Waals surface area (Å²) in [7, 11) is 0. The number of fused-ring (bicyclic) bond motifs is 10. The average molecular weight is 779 g/mol. The fourth-order valence-corrected chi connectivity index (χ4v) is 8.95. The summed E-state index contributed by atoms with van der Waals surface area (Å²) >= 11 is 0. The molecule has 0 fully saturated rings. The number of ether oxygens (including phenoxy) is 2. The summed E-state index contributed by atoms with van der Waals surface area (Å²) in [5.41, 5.74) is -1.74. The van der Waals surface area contributed by atoms with Crippen LogP contribution in [0.1, 0.15) is 85.1 Å². The zero-order chi connectivity index (χ0) is 40.4. The molecular weight excluding hydrogens is 745 g/mol. The number of aliphatic hydroxyl groups is 2. The second kappa shape index (κ2) is 12.4. The Morgan fingerprint density at radius 3 is 1.45 bits per heavy atom. The number of carbonyl (C=O) groups is 4. The van der Waals surface area contributed by atoms with Crippen molar-refractivity contribution in [3.63, 3.8) is 0 Å².